The predicted octanol–water partition coefficient (Wildman–Crippen LogP) is 1.21. The summed E-state index contributed by atoms with van der Waals surface area (Å²) in [6.45, 7) is 5.57. The summed E-state index contributed by atoms with van der Waals surface area (Å²) in [5, 5.41) is 8.88. The molecule has 2 aliphatic rings. The van der Waals surface area contributed by atoms with Gasteiger partial charge in [0, 0.05) is 32.6 Å². The zero-order chi connectivity index (χ0) is 14.7. The molecule has 0 saturated carbocycles. The maximum absolute atomic E-state index is 10.8. The van der Waals surface area contributed by atoms with Gasteiger partial charge in [0.2, 0.25) is 0 Å². The number of aliphatic carboxylic acids is 1. The van der Waals surface area contributed by atoms with Gasteiger partial charge in [-0.3, -0.25) is 14.6 Å². The van der Waals surface area contributed by atoms with Gasteiger partial charge in [-0.25, -0.2) is 0 Å². The Balaban J connectivity index is 1.57. The van der Waals surface area contributed by atoms with Gasteiger partial charge in [0.15, 0.2) is 0 Å². The molecule has 0 spiro atoms. The number of carboxylic acids is 1. The molecule has 1 N–H and O–H groups in total. The van der Waals surface area contributed by atoms with Crippen molar-refractivity contribution >= 4 is 5.97 Å². The van der Waals surface area contributed by atoms with Gasteiger partial charge in [0.05, 0.1) is 13.2 Å². The lowest BCUT2D eigenvalue weighted by Crippen LogP contribution is -2.34. The van der Waals surface area contributed by atoms with E-state index in [1.165, 1.54) is 11.1 Å². The van der Waals surface area contributed by atoms with Crippen molar-refractivity contribution in [3.63, 3.8) is 0 Å². The van der Waals surface area contributed by atoms with Crippen LogP contribution >= 0.6 is 0 Å². The van der Waals surface area contributed by atoms with E-state index in [1.54, 1.807) is 0 Å². The fourth-order valence-corrected chi connectivity index (χ4v) is 3.13. The highest BCUT2D eigenvalue weighted by Gasteiger charge is 2.18. The van der Waals surface area contributed by atoms with Crippen LogP contribution in [0.4, 0.5) is 0 Å². The third kappa shape index (κ3) is 3.74. The van der Waals surface area contributed by atoms with Crippen LogP contribution in [0, 0.1) is 0 Å². The van der Waals surface area contributed by atoms with Crippen molar-refractivity contribution in [2.45, 2.75) is 19.4 Å². The monoisotopic (exact) mass is 290 g/mol. The van der Waals surface area contributed by atoms with Gasteiger partial charge >= 0.3 is 5.97 Å². The van der Waals surface area contributed by atoms with Crippen molar-refractivity contribution in [3.8, 4) is 5.75 Å². The van der Waals surface area contributed by atoms with Gasteiger partial charge in [0.25, 0.3) is 0 Å². The molecular weight excluding hydrogens is 268 g/mol. The smallest absolute Gasteiger partial charge is 0.317 e. The number of hydrogen-bond donors (Lipinski definition) is 1. The Morgan fingerprint density at radius 2 is 2.00 bits per heavy atom. The van der Waals surface area contributed by atoms with E-state index in [0.29, 0.717) is 0 Å². The predicted molar refractivity (Wildman–Crippen MR) is 79.6 cm³/mol. The first-order valence-corrected chi connectivity index (χ1v) is 7.62. The molecule has 0 bridgehead atoms. The Kier molecular flexibility index (Phi) is 4.41. The Morgan fingerprint density at radius 3 is 2.86 bits per heavy atom. The minimum atomic E-state index is -0.734. The second-order valence-corrected chi connectivity index (χ2v) is 5.84. The molecule has 0 aromatic heterocycles. The van der Waals surface area contributed by atoms with Gasteiger partial charge in [-0.05, 0) is 30.2 Å². The van der Waals surface area contributed by atoms with Crippen molar-refractivity contribution in [2.75, 3.05) is 39.3 Å². The molecular formula is C16H22N2O3. The van der Waals surface area contributed by atoms with Crippen LogP contribution < -0.4 is 4.74 Å². The molecule has 0 unspecified atom stereocenters. The molecule has 21 heavy (non-hydrogen) atoms. The van der Waals surface area contributed by atoms with Gasteiger partial charge in [-0.2, -0.15) is 0 Å². The molecule has 0 aliphatic carbocycles. The second-order valence-electron chi connectivity index (χ2n) is 5.84. The van der Waals surface area contributed by atoms with Crippen molar-refractivity contribution < 1.29 is 14.6 Å². The van der Waals surface area contributed by atoms with Crippen LogP contribution in [-0.2, 0) is 17.8 Å². The van der Waals surface area contributed by atoms with E-state index in [0.717, 1.165) is 57.9 Å². The number of carboxylic acid groups (broad SMARTS) is 1. The van der Waals surface area contributed by atoms with E-state index in [2.05, 4.69) is 23.1 Å². The van der Waals surface area contributed by atoms with Crippen LogP contribution in [0.1, 0.15) is 17.5 Å². The maximum atomic E-state index is 10.8. The average molecular weight is 290 g/mol. The first-order chi connectivity index (χ1) is 10.2. The summed E-state index contributed by atoms with van der Waals surface area (Å²) in [4.78, 5) is 15.2. The fraction of sp³-hybridized carbons (Fsp3) is 0.562. The molecule has 5 heteroatoms. The molecule has 0 amide bonds. The summed E-state index contributed by atoms with van der Waals surface area (Å²) in [6.07, 6.45) is 2.04. The van der Waals surface area contributed by atoms with Gasteiger partial charge in [-0.15, -0.1) is 0 Å². The average Bonchev–Trinajstić information content (AvgIpc) is 2.80. The largest absolute Gasteiger partial charge is 0.493 e. The van der Waals surface area contributed by atoms with Gasteiger partial charge < -0.3 is 9.84 Å². The van der Waals surface area contributed by atoms with E-state index in [-0.39, 0.29) is 6.54 Å². The third-order valence-electron chi connectivity index (χ3n) is 4.20. The van der Waals surface area contributed by atoms with Crippen molar-refractivity contribution in [2.24, 2.45) is 0 Å². The first-order valence-electron chi connectivity index (χ1n) is 7.62. The standard InChI is InChI=1S/C16H22N2O3/c19-16(20)12-18-6-1-5-17(7-8-18)11-13-2-3-15-14(10-13)4-9-21-15/h2-3,10H,1,4-9,11-12H2,(H,19,20). The number of nitrogens with zero attached hydrogens (tertiary/aromatic N) is 2. The molecule has 2 aliphatic heterocycles. The van der Waals surface area contributed by atoms with E-state index >= 15 is 0 Å². The fourth-order valence-electron chi connectivity index (χ4n) is 3.13. The van der Waals surface area contributed by atoms with Crippen LogP contribution in [0.5, 0.6) is 5.75 Å². The Morgan fingerprint density at radius 1 is 1.19 bits per heavy atom. The first kappa shape index (κ1) is 14.4. The lowest BCUT2D eigenvalue weighted by atomic mass is 10.1. The second kappa shape index (κ2) is 6.45. The van der Waals surface area contributed by atoms with Crippen LogP contribution in [0.2, 0.25) is 0 Å². The number of carbonyl (C=O) groups is 1. The number of hydrogen-bond acceptors (Lipinski definition) is 4. The molecule has 0 atom stereocenters. The quantitative estimate of drug-likeness (QED) is 0.903. The Bertz CT molecular complexity index is 518. The molecule has 114 valence electrons. The lowest BCUT2D eigenvalue weighted by molar-refractivity contribution is -0.138. The molecule has 1 saturated heterocycles. The van der Waals surface area contributed by atoms with Crippen LogP contribution in [0.3, 0.4) is 0 Å². The highest BCUT2D eigenvalue weighted by atomic mass is 16.5. The normalized spacial score (nSPS) is 19.8. The lowest BCUT2D eigenvalue weighted by Gasteiger charge is -2.21. The highest BCUT2D eigenvalue weighted by molar-refractivity contribution is 5.69. The van der Waals surface area contributed by atoms with Crippen molar-refractivity contribution in [3.05, 3.63) is 29.3 Å². The molecule has 3 rings (SSSR count). The Hall–Kier alpha value is -1.59. The molecule has 0 radical (unpaired) electrons. The van der Waals surface area contributed by atoms with E-state index in [1.807, 2.05) is 4.90 Å². The molecule has 5 nitrogen and oxygen atoms in total. The summed E-state index contributed by atoms with van der Waals surface area (Å²) in [5.74, 6) is 0.296. The van der Waals surface area contributed by atoms with Crippen LogP contribution in [-0.4, -0.2) is 60.2 Å². The summed E-state index contributed by atoms with van der Waals surface area (Å²) in [6, 6.07) is 6.47. The SMILES string of the molecule is O=C(O)CN1CCCN(Cc2ccc3c(c2)CCO3)CC1. The van der Waals surface area contributed by atoms with Crippen LogP contribution in [0.25, 0.3) is 0 Å². The van der Waals surface area contributed by atoms with Crippen molar-refractivity contribution in [1.29, 1.82) is 0 Å². The summed E-state index contributed by atoms with van der Waals surface area (Å²) in [7, 11) is 0. The summed E-state index contributed by atoms with van der Waals surface area (Å²) < 4.78 is 5.54. The topological polar surface area (TPSA) is 53.0 Å². The highest BCUT2D eigenvalue weighted by Crippen LogP contribution is 2.26. The minimum absolute atomic E-state index is 0.157. The van der Waals surface area contributed by atoms with Crippen LogP contribution in [0.15, 0.2) is 18.2 Å². The maximum Gasteiger partial charge on any atom is 0.317 e. The number of benzene rings is 1. The minimum Gasteiger partial charge on any atom is -0.493 e. The third-order valence-corrected chi connectivity index (χ3v) is 4.20. The van der Waals surface area contributed by atoms with Crippen molar-refractivity contribution in [1.82, 2.24) is 9.80 Å². The zero-order valence-electron chi connectivity index (χ0n) is 12.3. The molecule has 1 aromatic carbocycles. The summed E-state index contributed by atoms with van der Waals surface area (Å²) in [5.41, 5.74) is 2.64. The molecule has 2 heterocycles. The van der Waals surface area contributed by atoms with Gasteiger partial charge in [0.1, 0.15) is 5.75 Å². The number of fused-ring (bicyclic) bond motifs is 1. The van der Waals surface area contributed by atoms with E-state index < -0.39 is 5.97 Å². The molecule has 1 fully saturated rings. The van der Waals surface area contributed by atoms with E-state index in [9.17, 15) is 4.79 Å². The zero-order valence-corrected chi connectivity index (χ0v) is 12.3. The number of rotatable bonds is 4. The Labute approximate surface area is 125 Å². The molecule has 1 aromatic rings. The van der Waals surface area contributed by atoms with E-state index in [4.69, 9.17) is 9.84 Å². The van der Waals surface area contributed by atoms with Gasteiger partial charge in [-0.1, -0.05) is 12.1 Å². The summed E-state index contributed by atoms with van der Waals surface area (Å²) >= 11 is 0. The number of ether oxygens (including phenoxy) is 1.